The van der Waals surface area contributed by atoms with E-state index in [-0.39, 0.29) is 23.9 Å². The minimum Gasteiger partial charge on any atom is -0.493 e. The Labute approximate surface area is 163 Å². The van der Waals surface area contributed by atoms with Crippen molar-refractivity contribution in [3.05, 3.63) is 54.1 Å². The Morgan fingerprint density at radius 3 is 2.64 bits per heavy atom. The fraction of sp³-hybridized carbons (Fsp3) is 0.286. The maximum atomic E-state index is 12.9. The van der Waals surface area contributed by atoms with E-state index in [0.717, 1.165) is 0 Å². The number of amides is 2. The number of hydrogen-bond donors (Lipinski definition) is 1. The molecule has 28 heavy (non-hydrogen) atoms. The van der Waals surface area contributed by atoms with Crippen LogP contribution in [-0.4, -0.2) is 37.0 Å². The topological polar surface area (TPSA) is 84.9 Å². The minimum absolute atomic E-state index is 0.154. The summed E-state index contributed by atoms with van der Waals surface area (Å²) in [7, 11) is 0. The van der Waals surface area contributed by atoms with Crippen LogP contribution in [0.15, 0.2) is 48.5 Å². The Morgan fingerprint density at radius 2 is 1.86 bits per heavy atom. The Kier molecular flexibility index (Phi) is 5.93. The van der Waals surface area contributed by atoms with E-state index in [0.29, 0.717) is 23.7 Å². The van der Waals surface area contributed by atoms with E-state index in [9.17, 15) is 14.4 Å². The molecule has 0 bridgehead atoms. The molecule has 7 heteroatoms. The van der Waals surface area contributed by atoms with Gasteiger partial charge in [0.15, 0.2) is 6.61 Å². The molecular formula is C21H22N2O5. The molecule has 7 nitrogen and oxygen atoms in total. The molecule has 0 fully saturated rings. The predicted molar refractivity (Wildman–Crippen MR) is 105 cm³/mol. The van der Waals surface area contributed by atoms with Gasteiger partial charge in [0, 0.05) is 12.5 Å². The largest absolute Gasteiger partial charge is 0.493 e. The number of carbonyl (C=O) groups is 3. The summed E-state index contributed by atoms with van der Waals surface area (Å²) in [5, 5.41) is 2.79. The highest BCUT2D eigenvalue weighted by Crippen LogP contribution is 2.31. The molecule has 0 saturated carbocycles. The second-order valence-electron chi connectivity index (χ2n) is 6.39. The smallest absolute Gasteiger partial charge is 0.342 e. The van der Waals surface area contributed by atoms with Crippen molar-refractivity contribution in [3.63, 3.8) is 0 Å². The molecule has 2 aromatic carbocycles. The van der Waals surface area contributed by atoms with Gasteiger partial charge in [-0.15, -0.1) is 0 Å². The lowest BCUT2D eigenvalue weighted by molar-refractivity contribution is -0.122. The summed E-state index contributed by atoms with van der Waals surface area (Å²) in [6.07, 6.45) is 0.154. The fourth-order valence-corrected chi connectivity index (χ4v) is 3.16. The van der Waals surface area contributed by atoms with E-state index >= 15 is 0 Å². The van der Waals surface area contributed by atoms with Gasteiger partial charge in [0.05, 0.1) is 18.0 Å². The number of rotatable bonds is 5. The number of anilines is 2. The van der Waals surface area contributed by atoms with Crippen molar-refractivity contribution in [2.75, 3.05) is 23.4 Å². The summed E-state index contributed by atoms with van der Waals surface area (Å²) < 4.78 is 10.7. The van der Waals surface area contributed by atoms with Gasteiger partial charge in [0.25, 0.3) is 5.91 Å². The molecule has 0 spiro atoms. The molecule has 3 rings (SSSR count). The number of esters is 1. The molecule has 1 N–H and O–H groups in total. The van der Waals surface area contributed by atoms with E-state index in [1.165, 1.54) is 4.90 Å². The van der Waals surface area contributed by atoms with Crippen LogP contribution >= 0.6 is 0 Å². The van der Waals surface area contributed by atoms with Gasteiger partial charge in [0.2, 0.25) is 5.91 Å². The maximum absolute atomic E-state index is 12.9. The van der Waals surface area contributed by atoms with Gasteiger partial charge < -0.3 is 19.7 Å². The Balaban J connectivity index is 1.76. The second-order valence-corrected chi connectivity index (χ2v) is 6.39. The lowest BCUT2D eigenvalue weighted by Crippen LogP contribution is -2.41. The second kappa shape index (κ2) is 8.56. The molecule has 0 unspecified atom stereocenters. The summed E-state index contributed by atoms with van der Waals surface area (Å²) in [5.41, 5.74) is 1.40. The minimum atomic E-state index is -0.637. The Hall–Kier alpha value is -3.35. The lowest BCUT2D eigenvalue weighted by Gasteiger charge is -2.27. The average Bonchev–Trinajstić information content (AvgIpc) is 2.80. The van der Waals surface area contributed by atoms with Crippen molar-refractivity contribution in [3.8, 4) is 5.75 Å². The van der Waals surface area contributed by atoms with E-state index in [4.69, 9.17) is 9.47 Å². The third-order valence-electron chi connectivity index (χ3n) is 4.36. The number of hydrogen-bond acceptors (Lipinski definition) is 5. The molecule has 1 aliphatic rings. The number of carbonyl (C=O) groups excluding carboxylic acids is 3. The first kappa shape index (κ1) is 19.4. The van der Waals surface area contributed by atoms with Crippen molar-refractivity contribution < 1.29 is 23.9 Å². The van der Waals surface area contributed by atoms with Crippen LogP contribution in [0.4, 0.5) is 11.4 Å². The van der Waals surface area contributed by atoms with Gasteiger partial charge in [-0.05, 0) is 38.1 Å². The number of para-hydroxylation sites is 3. The molecule has 1 aliphatic heterocycles. The van der Waals surface area contributed by atoms with E-state index in [1.54, 1.807) is 55.5 Å². The van der Waals surface area contributed by atoms with Crippen molar-refractivity contribution >= 4 is 29.2 Å². The van der Waals surface area contributed by atoms with Crippen LogP contribution in [0.2, 0.25) is 0 Å². The average molecular weight is 382 g/mol. The predicted octanol–water partition coefficient (Wildman–Crippen LogP) is 3.01. The highest BCUT2D eigenvalue weighted by atomic mass is 16.5. The third kappa shape index (κ3) is 4.14. The fourth-order valence-electron chi connectivity index (χ4n) is 3.16. The SMILES string of the molecule is CCOc1ccccc1C(=O)OCC(=O)N1c2ccccc2NC(=O)C[C@@H]1C. The maximum Gasteiger partial charge on any atom is 0.342 e. The molecule has 2 amide bonds. The van der Waals surface area contributed by atoms with Crippen molar-refractivity contribution in [2.24, 2.45) is 0 Å². The molecule has 146 valence electrons. The van der Waals surface area contributed by atoms with Crippen LogP contribution in [0.5, 0.6) is 5.75 Å². The summed E-state index contributed by atoms with van der Waals surface area (Å²) in [6.45, 7) is 3.57. The van der Waals surface area contributed by atoms with Crippen molar-refractivity contribution in [2.45, 2.75) is 26.3 Å². The lowest BCUT2D eigenvalue weighted by atomic mass is 10.1. The van der Waals surface area contributed by atoms with E-state index in [1.807, 2.05) is 6.92 Å². The van der Waals surface area contributed by atoms with Gasteiger partial charge in [-0.25, -0.2) is 4.79 Å². The van der Waals surface area contributed by atoms with Crippen LogP contribution in [-0.2, 0) is 14.3 Å². The summed E-state index contributed by atoms with van der Waals surface area (Å²) in [4.78, 5) is 38.8. The molecule has 1 heterocycles. The molecule has 2 aromatic rings. The van der Waals surface area contributed by atoms with Gasteiger partial charge in [-0.1, -0.05) is 24.3 Å². The molecule has 0 radical (unpaired) electrons. The third-order valence-corrected chi connectivity index (χ3v) is 4.36. The van der Waals surface area contributed by atoms with E-state index in [2.05, 4.69) is 5.32 Å². The van der Waals surface area contributed by atoms with Crippen LogP contribution in [0.25, 0.3) is 0 Å². The molecule has 0 aliphatic carbocycles. The number of nitrogens with zero attached hydrogens (tertiary/aromatic N) is 1. The summed E-state index contributed by atoms with van der Waals surface area (Å²) in [6, 6.07) is 13.4. The van der Waals surface area contributed by atoms with Crippen molar-refractivity contribution in [1.82, 2.24) is 0 Å². The van der Waals surface area contributed by atoms with Gasteiger partial charge in [-0.3, -0.25) is 9.59 Å². The van der Waals surface area contributed by atoms with Gasteiger partial charge >= 0.3 is 5.97 Å². The Morgan fingerprint density at radius 1 is 1.14 bits per heavy atom. The van der Waals surface area contributed by atoms with Gasteiger partial charge in [-0.2, -0.15) is 0 Å². The Bertz CT molecular complexity index is 896. The van der Waals surface area contributed by atoms with E-state index < -0.39 is 18.5 Å². The number of benzene rings is 2. The van der Waals surface area contributed by atoms with Crippen LogP contribution < -0.4 is 15.0 Å². The number of nitrogens with one attached hydrogen (secondary N) is 1. The highest BCUT2D eigenvalue weighted by Gasteiger charge is 2.30. The molecule has 1 atom stereocenters. The summed E-state index contributed by atoms with van der Waals surface area (Å²) in [5.74, 6) is -0.801. The first-order valence-electron chi connectivity index (χ1n) is 9.11. The number of fused-ring (bicyclic) bond motifs is 1. The zero-order valence-corrected chi connectivity index (χ0v) is 15.8. The van der Waals surface area contributed by atoms with Crippen LogP contribution in [0.1, 0.15) is 30.6 Å². The first-order valence-corrected chi connectivity index (χ1v) is 9.11. The zero-order valence-electron chi connectivity index (χ0n) is 15.8. The van der Waals surface area contributed by atoms with Crippen molar-refractivity contribution in [1.29, 1.82) is 0 Å². The van der Waals surface area contributed by atoms with Crippen LogP contribution in [0.3, 0.4) is 0 Å². The highest BCUT2D eigenvalue weighted by molar-refractivity contribution is 6.05. The monoisotopic (exact) mass is 382 g/mol. The first-order chi connectivity index (χ1) is 13.5. The number of ether oxygens (including phenoxy) is 2. The standard InChI is InChI=1S/C21H22N2O5/c1-3-27-18-11-7-4-8-15(18)21(26)28-13-20(25)23-14(2)12-19(24)22-16-9-5-6-10-17(16)23/h4-11,14H,3,12-13H2,1-2H3,(H,22,24)/t14-/m0/s1. The molecular weight excluding hydrogens is 360 g/mol. The normalized spacial score (nSPS) is 15.9. The molecule has 0 aromatic heterocycles. The van der Waals surface area contributed by atoms with Gasteiger partial charge in [0.1, 0.15) is 11.3 Å². The zero-order chi connectivity index (χ0) is 20.1. The quantitative estimate of drug-likeness (QED) is 0.804. The molecule has 0 saturated heterocycles. The summed E-state index contributed by atoms with van der Waals surface area (Å²) >= 11 is 0. The van der Waals surface area contributed by atoms with Crippen LogP contribution in [0, 0.1) is 0 Å².